The molecule has 1 aliphatic heterocycles. The fraction of sp³-hybridized carbons (Fsp3) is 0.238. The minimum Gasteiger partial charge on any atom is -0.495 e. The van der Waals surface area contributed by atoms with E-state index in [4.69, 9.17) is 4.74 Å². The number of anilines is 1. The minimum atomic E-state index is -3.66. The lowest BCUT2D eigenvalue weighted by molar-refractivity contribution is 0.373. The molecule has 30 heavy (non-hydrogen) atoms. The predicted octanol–water partition coefficient (Wildman–Crippen LogP) is 3.43. The van der Waals surface area contributed by atoms with Crippen LogP contribution in [0, 0.1) is 0 Å². The fourth-order valence-electron chi connectivity index (χ4n) is 3.41. The molecule has 0 saturated carbocycles. The highest BCUT2D eigenvalue weighted by Crippen LogP contribution is 2.30. The predicted molar refractivity (Wildman–Crippen MR) is 119 cm³/mol. The first kappa shape index (κ1) is 20.8. The monoisotopic (exact) mass is 488 g/mol. The van der Waals surface area contributed by atoms with E-state index in [9.17, 15) is 8.42 Å². The van der Waals surface area contributed by atoms with Gasteiger partial charge in [-0.25, -0.2) is 8.42 Å². The molecular weight excluding hydrogens is 468 g/mol. The summed E-state index contributed by atoms with van der Waals surface area (Å²) >= 11 is 3.34. The lowest BCUT2D eigenvalue weighted by Gasteiger charge is -2.34. The summed E-state index contributed by atoms with van der Waals surface area (Å²) in [6.45, 7) is 1.80. The van der Waals surface area contributed by atoms with Crippen LogP contribution in [0.15, 0.2) is 70.0 Å². The average Bonchev–Trinajstić information content (AvgIpc) is 2.80. The molecule has 9 heteroatoms. The Balaban J connectivity index is 1.47. The van der Waals surface area contributed by atoms with Crippen LogP contribution in [0.2, 0.25) is 0 Å². The van der Waals surface area contributed by atoms with Crippen molar-refractivity contribution in [1.29, 1.82) is 0 Å². The summed E-state index contributed by atoms with van der Waals surface area (Å²) in [5.41, 5.74) is 1.82. The summed E-state index contributed by atoms with van der Waals surface area (Å²) in [5, 5.41) is 8.67. The number of aromatic nitrogens is 2. The lowest BCUT2D eigenvalue weighted by atomic mass is 10.1. The Hall–Kier alpha value is -2.49. The molecule has 0 bridgehead atoms. The van der Waals surface area contributed by atoms with Crippen molar-refractivity contribution in [3.63, 3.8) is 0 Å². The van der Waals surface area contributed by atoms with Crippen molar-refractivity contribution < 1.29 is 13.2 Å². The van der Waals surface area contributed by atoms with Crippen LogP contribution < -0.4 is 9.64 Å². The van der Waals surface area contributed by atoms with E-state index < -0.39 is 10.0 Å². The Kier molecular flexibility index (Phi) is 6.03. The maximum absolute atomic E-state index is 13.1. The summed E-state index contributed by atoms with van der Waals surface area (Å²) in [5.74, 6) is 1.08. The summed E-state index contributed by atoms with van der Waals surface area (Å²) in [4.78, 5) is 2.21. The van der Waals surface area contributed by atoms with Crippen molar-refractivity contribution in [3.05, 3.63) is 65.1 Å². The molecule has 4 rings (SSSR count). The van der Waals surface area contributed by atoms with Gasteiger partial charge in [0.2, 0.25) is 10.0 Å². The zero-order valence-electron chi connectivity index (χ0n) is 16.4. The number of piperazine rings is 1. The van der Waals surface area contributed by atoms with Gasteiger partial charge in [0.05, 0.1) is 12.8 Å². The van der Waals surface area contributed by atoms with Gasteiger partial charge in [0.25, 0.3) is 0 Å². The van der Waals surface area contributed by atoms with E-state index in [0.29, 0.717) is 36.4 Å². The number of hydrogen-bond donors (Lipinski definition) is 0. The molecule has 3 aromatic rings. The van der Waals surface area contributed by atoms with Gasteiger partial charge in [-0.05, 0) is 30.3 Å². The van der Waals surface area contributed by atoms with Crippen molar-refractivity contribution in [1.82, 2.24) is 14.5 Å². The maximum Gasteiger partial charge on any atom is 0.246 e. The number of benzene rings is 2. The number of methoxy groups -OCH3 is 1. The van der Waals surface area contributed by atoms with Crippen LogP contribution >= 0.6 is 15.9 Å². The highest BCUT2D eigenvalue weighted by Gasteiger charge is 2.31. The first-order chi connectivity index (χ1) is 14.5. The van der Waals surface area contributed by atoms with Crippen LogP contribution in [-0.4, -0.2) is 56.2 Å². The number of nitrogens with zero attached hydrogens (tertiary/aromatic N) is 4. The van der Waals surface area contributed by atoms with Crippen molar-refractivity contribution in [2.75, 3.05) is 38.2 Å². The molecule has 156 valence electrons. The van der Waals surface area contributed by atoms with Gasteiger partial charge >= 0.3 is 0 Å². The number of rotatable bonds is 5. The van der Waals surface area contributed by atoms with Gasteiger partial charge in [-0.3, -0.25) is 0 Å². The first-order valence-corrected chi connectivity index (χ1v) is 11.7. The topological polar surface area (TPSA) is 75.6 Å². The quantitative estimate of drug-likeness (QED) is 0.547. The smallest absolute Gasteiger partial charge is 0.246 e. The molecule has 2 aromatic carbocycles. The van der Waals surface area contributed by atoms with Gasteiger partial charge in [0, 0.05) is 36.2 Å². The van der Waals surface area contributed by atoms with Gasteiger partial charge in [0.1, 0.15) is 10.6 Å². The molecule has 0 amide bonds. The summed E-state index contributed by atoms with van der Waals surface area (Å²) in [6, 6.07) is 18.7. The molecule has 1 saturated heterocycles. The molecule has 1 aliphatic rings. The normalized spacial score (nSPS) is 15.2. The third kappa shape index (κ3) is 4.19. The molecular formula is C21H21BrN4O3S. The Morgan fingerprint density at radius 2 is 1.67 bits per heavy atom. The van der Waals surface area contributed by atoms with Crippen molar-refractivity contribution in [2.24, 2.45) is 0 Å². The van der Waals surface area contributed by atoms with Crippen LogP contribution in [0.5, 0.6) is 5.75 Å². The van der Waals surface area contributed by atoms with Crippen LogP contribution in [0.4, 0.5) is 5.82 Å². The van der Waals surface area contributed by atoms with E-state index in [2.05, 4.69) is 26.1 Å². The number of ether oxygens (including phenoxy) is 1. The molecule has 1 aromatic heterocycles. The maximum atomic E-state index is 13.1. The Morgan fingerprint density at radius 1 is 0.933 bits per heavy atom. The van der Waals surface area contributed by atoms with Crippen LogP contribution in [0.25, 0.3) is 11.3 Å². The van der Waals surface area contributed by atoms with E-state index in [1.807, 2.05) is 47.4 Å². The van der Waals surface area contributed by atoms with Crippen molar-refractivity contribution >= 4 is 31.8 Å². The fourth-order valence-corrected chi connectivity index (χ4v) is 5.52. The first-order valence-electron chi connectivity index (χ1n) is 9.47. The number of hydrogen-bond acceptors (Lipinski definition) is 6. The number of halogens is 1. The summed E-state index contributed by atoms with van der Waals surface area (Å²) < 4.78 is 33.7. The van der Waals surface area contributed by atoms with E-state index >= 15 is 0 Å². The second-order valence-electron chi connectivity index (χ2n) is 6.83. The molecule has 0 aliphatic carbocycles. The molecule has 1 fully saturated rings. The zero-order chi connectivity index (χ0) is 21.1. The second-order valence-corrected chi connectivity index (χ2v) is 9.65. The molecule has 7 nitrogen and oxygen atoms in total. The van der Waals surface area contributed by atoms with Gasteiger partial charge in [-0.2, -0.15) is 4.31 Å². The largest absolute Gasteiger partial charge is 0.495 e. The SMILES string of the molecule is COc1ccc(Br)cc1S(=O)(=O)N1CCN(c2ccc(-c3ccccc3)nn2)CC1. The summed E-state index contributed by atoms with van der Waals surface area (Å²) in [6.07, 6.45) is 0. The molecule has 0 N–H and O–H groups in total. The van der Waals surface area contributed by atoms with Crippen molar-refractivity contribution in [2.45, 2.75) is 4.90 Å². The van der Waals surface area contributed by atoms with Crippen molar-refractivity contribution in [3.8, 4) is 17.0 Å². The third-order valence-corrected chi connectivity index (χ3v) is 7.44. The zero-order valence-corrected chi connectivity index (χ0v) is 18.8. The lowest BCUT2D eigenvalue weighted by Crippen LogP contribution is -2.49. The molecule has 2 heterocycles. The second kappa shape index (κ2) is 8.71. The summed E-state index contributed by atoms with van der Waals surface area (Å²) in [7, 11) is -2.19. The average molecular weight is 489 g/mol. The Bertz CT molecular complexity index is 1120. The Morgan fingerprint density at radius 3 is 2.30 bits per heavy atom. The standard InChI is InChI=1S/C21H21BrN4O3S/c1-29-19-9-7-17(22)15-20(19)30(27,28)26-13-11-25(12-14-26)21-10-8-18(23-24-21)16-5-3-2-4-6-16/h2-10,15H,11-14H2,1H3. The van der Waals surface area contributed by atoms with Gasteiger partial charge in [-0.1, -0.05) is 46.3 Å². The highest BCUT2D eigenvalue weighted by molar-refractivity contribution is 9.10. The van der Waals surface area contributed by atoms with E-state index in [1.54, 1.807) is 18.2 Å². The van der Waals surface area contributed by atoms with Crippen LogP contribution in [-0.2, 0) is 10.0 Å². The minimum absolute atomic E-state index is 0.167. The molecule has 0 atom stereocenters. The third-order valence-electron chi connectivity index (χ3n) is 5.03. The van der Waals surface area contributed by atoms with Gasteiger partial charge in [-0.15, -0.1) is 10.2 Å². The van der Waals surface area contributed by atoms with Crippen LogP contribution in [0.1, 0.15) is 0 Å². The van der Waals surface area contributed by atoms with E-state index in [-0.39, 0.29) is 4.90 Å². The Labute approximate surface area is 184 Å². The van der Waals surface area contributed by atoms with E-state index in [1.165, 1.54) is 11.4 Å². The molecule has 0 spiro atoms. The number of sulfonamides is 1. The van der Waals surface area contributed by atoms with Gasteiger partial charge < -0.3 is 9.64 Å². The molecule has 0 radical (unpaired) electrons. The van der Waals surface area contributed by atoms with E-state index in [0.717, 1.165) is 17.1 Å². The molecule has 0 unspecified atom stereocenters. The van der Waals surface area contributed by atoms with Crippen LogP contribution in [0.3, 0.4) is 0 Å². The van der Waals surface area contributed by atoms with Gasteiger partial charge in [0.15, 0.2) is 5.82 Å². The highest BCUT2D eigenvalue weighted by atomic mass is 79.9.